The lowest BCUT2D eigenvalue weighted by molar-refractivity contribution is -0.121. The molecule has 0 saturated carbocycles. The second-order valence-electron chi connectivity index (χ2n) is 3.75. The summed E-state index contributed by atoms with van der Waals surface area (Å²) in [4.78, 5) is 11.3. The molecule has 3 N–H and O–H groups in total. The maximum atomic E-state index is 11.3. The molecule has 0 spiro atoms. The van der Waals surface area contributed by atoms with Crippen LogP contribution in [-0.2, 0) is 11.2 Å². The minimum absolute atomic E-state index is 0.0996. The number of nitrogens with one attached hydrogen (secondary N) is 1. The van der Waals surface area contributed by atoms with Gasteiger partial charge < -0.3 is 11.1 Å². The number of nitrogens with two attached hydrogens (primary N) is 1. The van der Waals surface area contributed by atoms with Gasteiger partial charge >= 0.3 is 0 Å². The number of amides is 1. The third-order valence-electron chi connectivity index (χ3n) is 2.14. The van der Waals surface area contributed by atoms with E-state index >= 15 is 0 Å². The molecular weight excluding hydrogens is 208 g/mol. The van der Waals surface area contributed by atoms with Gasteiger partial charge in [-0.25, -0.2) is 0 Å². The van der Waals surface area contributed by atoms with Gasteiger partial charge in [0.25, 0.3) is 0 Å². The lowest BCUT2D eigenvalue weighted by Crippen LogP contribution is -2.27. The topological polar surface area (TPSA) is 55.1 Å². The molecule has 0 saturated heterocycles. The predicted molar refractivity (Wildman–Crippen MR) is 63.9 cm³/mol. The van der Waals surface area contributed by atoms with Crippen LogP contribution < -0.4 is 11.1 Å². The Morgan fingerprint density at radius 3 is 3.07 bits per heavy atom. The van der Waals surface area contributed by atoms with Gasteiger partial charge in [-0.15, -0.1) is 0 Å². The van der Waals surface area contributed by atoms with Crippen LogP contribution in [0.1, 0.15) is 25.3 Å². The summed E-state index contributed by atoms with van der Waals surface area (Å²) in [6.07, 6.45) is 2.19. The summed E-state index contributed by atoms with van der Waals surface area (Å²) in [5, 5.41) is 7.04. The van der Waals surface area contributed by atoms with Crippen LogP contribution in [0.15, 0.2) is 16.8 Å². The van der Waals surface area contributed by atoms with E-state index in [4.69, 9.17) is 5.73 Å². The van der Waals surface area contributed by atoms with Gasteiger partial charge in [-0.3, -0.25) is 4.79 Å². The second kappa shape index (κ2) is 6.58. The van der Waals surface area contributed by atoms with E-state index in [2.05, 4.69) is 16.8 Å². The van der Waals surface area contributed by atoms with Crippen molar-refractivity contribution in [1.29, 1.82) is 0 Å². The first-order valence-corrected chi connectivity index (χ1v) is 6.16. The van der Waals surface area contributed by atoms with E-state index < -0.39 is 0 Å². The summed E-state index contributed by atoms with van der Waals surface area (Å²) < 4.78 is 0. The van der Waals surface area contributed by atoms with Crippen LogP contribution in [0.4, 0.5) is 0 Å². The molecule has 0 aliphatic carbocycles. The van der Waals surface area contributed by atoms with Gasteiger partial charge in [0, 0.05) is 19.0 Å². The van der Waals surface area contributed by atoms with Crippen LogP contribution in [0.2, 0.25) is 0 Å². The molecule has 1 amide bonds. The van der Waals surface area contributed by atoms with Crippen molar-refractivity contribution in [2.24, 2.45) is 5.73 Å². The van der Waals surface area contributed by atoms with E-state index in [0.29, 0.717) is 13.0 Å². The number of hydrogen-bond acceptors (Lipinski definition) is 3. The molecular formula is C11H18N2OS. The highest BCUT2D eigenvalue weighted by Crippen LogP contribution is 2.05. The molecule has 1 rings (SSSR count). The molecule has 15 heavy (non-hydrogen) atoms. The molecule has 0 aliphatic heterocycles. The zero-order chi connectivity index (χ0) is 11.1. The fraction of sp³-hybridized carbons (Fsp3) is 0.545. The molecule has 0 bridgehead atoms. The normalized spacial score (nSPS) is 12.4. The van der Waals surface area contributed by atoms with Crippen molar-refractivity contribution < 1.29 is 4.79 Å². The third-order valence-corrected chi connectivity index (χ3v) is 2.87. The minimum Gasteiger partial charge on any atom is -0.356 e. The zero-order valence-corrected chi connectivity index (χ0v) is 9.85. The van der Waals surface area contributed by atoms with Gasteiger partial charge in [-0.05, 0) is 42.2 Å². The third kappa shape index (κ3) is 5.54. The smallest absolute Gasteiger partial charge is 0.220 e. The van der Waals surface area contributed by atoms with Gasteiger partial charge in [0.05, 0.1) is 0 Å². The first kappa shape index (κ1) is 12.2. The Balaban J connectivity index is 2.07. The quantitative estimate of drug-likeness (QED) is 0.773. The molecule has 84 valence electrons. The van der Waals surface area contributed by atoms with E-state index in [-0.39, 0.29) is 11.9 Å². The van der Waals surface area contributed by atoms with Crippen LogP contribution in [0.5, 0.6) is 0 Å². The molecule has 0 fully saturated rings. The highest BCUT2D eigenvalue weighted by atomic mass is 32.1. The molecule has 1 atom stereocenters. The Labute approximate surface area is 94.7 Å². The summed E-state index contributed by atoms with van der Waals surface area (Å²) in [6.45, 7) is 2.63. The average Bonchev–Trinajstić information content (AvgIpc) is 2.67. The van der Waals surface area contributed by atoms with E-state index in [1.165, 1.54) is 5.56 Å². The fourth-order valence-corrected chi connectivity index (χ4v) is 1.93. The van der Waals surface area contributed by atoms with Gasteiger partial charge in [0.15, 0.2) is 0 Å². The van der Waals surface area contributed by atoms with Crippen LogP contribution in [-0.4, -0.2) is 18.5 Å². The number of carbonyl (C=O) groups is 1. The first-order valence-electron chi connectivity index (χ1n) is 5.22. The van der Waals surface area contributed by atoms with Crippen molar-refractivity contribution in [3.05, 3.63) is 22.4 Å². The lowest BCUT2D eigenvalue weighted by atomic mass is 10.2. The van der Waals surface area contributed by atoms with Crippen molar-refractivity contribution in [3.8, 4) is 0 Å². The predicted octanol–water partition coefficient (Wildman–Crippen LogP) is 1.53. The average molecular weight is 226 g/mol. The summed E-state index contributed by atoms with van der Waals surface area (Å²) in [7, 11) is 0. The van der Waals surface area contributed by atoms with Gasteiger partial charge in [-0.1, -0.05) is 0 Å². The summed E-state index contributed by atoms with van der Waals surface area (Å²) in [6, 6.07) is 2.19. The lowest BCUT2D eigenvalue weighted by Gasteiger charge is -2.06. The van der Waals surface area contributed by atoms with Crippen molar-refractivity contribution in [1.82, 2.24) is 5.32 Å². The number of thiophene rings is 1. The monoisotopic (exact) mass is 226 g/mol. The van der Waals surface area contributed by atoms with Crippen LogP contribution in [0.25, 0.3) is 0 Å². The largest absolute Gasteiger partial charge is 0.356 e. The summed E-state index contributed by atoms with van der Waals surface area (Å²) in [5.41, 5.74) is 6.85. The molecule has 1 aromatic heterocycles. The number of hydrogen-bond donors (Lipinski definition) is 2. The van der Waals surface area contributed by atoms with E-state index in [0.717, 1.165) is 12.8 Å². The molecule has 0 aromatic carbocycles. The van der Waals surface area contributed by atoms with Crippen molar-refractivity contribution in [2.75, 3.05) is 6.54 Å². The van der Waals surface area contributed by atoms with Crippen molar-refractivity contribution in [2.45, 2.75) is 32.2 Å². The Hall–Kier alpha value is -0.870. The Morgan fingerprint density at radius 2 is 2.47 bits per heavy atom. The zero-order valence-electron chi connectivity index (χ0n) is 9.03. The maximum absolute atomic E-state index is 11.3. The molecule has 4 heteroatoms. The van der Waals surface area contributed by atoms with Gasteiger partial charge in [0.2, 0.25) is 5.91 Å². The summed E-state index contributed by atoms with van der Waals surface area (Å²) in [5.74, 6) is 0.0996. The van der Waals surface area contributed by atoms with E-state index in [1.54, 1.807) is 11.3 Å². The highest BCUT2D eigenvalue weighted by molar-refractivity contribution is 7.07. The van der Waals surface area contributed by atoms with E-state index in [9.17, 15) is 4.79 Å². The second-order valence-corrected chi connectivity index (χ2v) is 4.53. The molecule has 1 heterocycles. The Morgan fingerprint density at radius 1 is 1.67 bits per heavy atom. The molecule has 1 aromatic rings. The highest BCUT2D eigenvalue weighted by Gasteiger charge is 2.02. The summed E-state index contributed by atoms with van der Waals surface area (Å²) >= 11 is 1.68. The molecule has 1 unspecified atom stereocenters. The molecule has 0 aliphatic rings. The molecule has 0 radical (unpaired) electrons. The van der Waals surface area contributed by atoms with Crippen molar-refractivity contribution >= 4 is 17.2 Å². The molecule has 3 nitrogen and oxygen atoms in total. The van der Waals surface area contributed by atoms with E-state index in [1.807, 2.05) is 12.3 Å². The SMILES string of the molecule is CC(N)CCC(=O)NCCc1ccsc1. The number of carbonyl (C=O) groups excluding carboxylic acids is 1. The standard InChI is InChI=1S/C11H18N2OS/c1-9(12)2-3-11(14)13-6-4-10-5-7-15-8-10/h5,7-9H,2-4,6,12H2,1H3,(H,13,14). The van der Waals surface area contributed by atoms with Gasteiger partial charge in [0.1, 0.15) is 0 Å². The fourth-order valence-electron chi connectivity index (χ4n) is 1.23. The van der Waals surface area contributed by atoms with Crippen molar-refractivity contribution in [3.63, 3.8) is 0 Å². The Bertz CT molecular complexity index is 283. The van der Waals surface area contributed by atoms with Crippen LogP contribution in [0, 0.1) is 0 Å². The Kier molecular flexibility index (Phi) is 5.36. The minimum atomic E-state index is 0.0996. The van der Waals surface area contributed by atoms with Crippen LogP contribution >= 0.6 is 11.3 Å². The first-order chi connectivity index (χ1) is 7.18. The number of rotatable bonds is 6. The maximum Gasteiger partial charge on any atom is 0.220 e. The van der Waals surface area contributed by atoms with Crippen LogP contribution in [0.3, 0.4) is 0 Å². The van der Waals surface area contributed by atoms with Gasteiger partial charge in [-0.2, -0.15) is 11.3 Å².